The van der Waals surface area contributed by atoms with Crippen LogP contribution in [0.5, 0.6) is 0 Å². The van der Waals surface area contributed by atoms with E-state index in [0.29, 0.717) is 17.3 Å². The molecule has 16 heavy (non-hydrogen) atoms. The maximum Gasteiger partial charge on any atom is 0.211 e. The maximum absolute atomic E-state index is 11.4. The van der Waals surface area contributed by atoms with Crippen molar-refractivity contribution in [3.05, 3.63) is 0 Å². The van der Waals surface area contributed by atoms with Gasteiger partial charge in [0.05, 0.1) is 6.26 Å². The van der Waals surface area contributed by atoms with Gasteiger partial charge in [-0.25, -0.2) is 12.7 Å². The average Bonchev–Trinajstić information content (AvgIpc) is 2.25. The van der Waals surface area contributed by atoms with Gasteiger partial charge in [-0.1, -0.05) is 22.9 Å². The van der Waals surface area contributed by atoms with Gasteiger partial charge in [-0.3, -0.25) is 0 Å². The number of halogens is 1. The Morgan fingerprint density at radius 1 is 1.50 bits per heavy atom. The molecule has 1 aliphatic rings. The Balaban J connectivity index is 2.39. The highest BCUT2D eigenvalue weighted by Gasteiger charge is 2.25. The van der Waals surface area contributed by atoms with Crippen LogP contribution in [-0.4, -0.2) is 36.9 Å². The van der Waals surface area contributed by atoms with Gasteiger partial charge in [0.25, 0.3) is 0 Å². The first-order valence-corrected chi connectivity index (χ1v) is 8.79. The Hall–Kier alpha value is 0.390. The van der Waals surface area contributed by atoms with Crippen molar-refractivity contribution in [2.24, 2.45) is 5.92 Å². The van der Waals surface area contributed by atoms with E-state index < -0.39 is 10.0 Å². The summed E-state index contributed by atoms with van der Waals surface area (Å²) in [6.07, 6.45) is 6.93. The van der Waals surface area contributed by atoms with Crippen LogP contribution in [0.1, 0.15) is 39.0 Å². The van der Waals surface area contributed by atoms with E-state index in [2.05, 4.69) is 22.9 Å². The van der Waals surface area contributed by atoms with Crippen LogP contribution in [0.15, 0.2) is 0 Å². The lowest BCUT2D eigenvalue weighted by atomic mass is 9.94. The standard InChI is InChI=1S/C11H22BrNO2S/c1-3-11(12)7-6-10-5-4-8-13(9-10)16(2,14)15/h10-11H,3-9H2,1-2H3. The van der Waals surface area contributed by atoms with E-state index in [4.69, 9.17) is 0 Å². The second-order valence-corrected chi connectivity index (χ2v) is 7.99. The van der Waals surface area contributed by atoms with Crippen LogP contribution in [0.25, 0.3) is 0 Å². The molecule has 1 rings (SSSR count). The molecule has 1 saturated heterocycles. The van der Waals surface area contributed by atoms with Gasteiger partial charge in [-0.15, -0.1) is 0 Å². The number of alkyl halides is 1. The molecule has 1 aliphatic heterocycles. The van der Waals surface area contributed by atoms with Crippen LogP contribution in [0.2, 0.25) is 0 Å². The van der Waals surface area contributed by atoms with Gasteiger partial charge in [-0.2, -0.15) is 0 Å². The van der Waals surface area contributed by atoms with Crippen molar-refractivity contribution in [1.29, 1.82) is 0 Å². The minimum atomic E-state index is -2.98. The summed E-state index contributed by atoms with van der Waals surface area (Å²) in [5.41, 5.74) is 0. The van der Waals surface area contributed by atoms with Crippen molar-refractivity contribution in [3.8, 4) is 0 Å². The molecule has 96 valence electrons. The molecule has 3 nitrogen and oxygen atoms in total. The first-order chi connectivity index (χ1) is 7.43. The molecule has 0 aromatic rings. The van der Waals surface area contributed by atoms with E-state index in [0.717, 1.165) is 32.2 Å². The molecule has 1 fully saturated rings. The normalized spacial score (nSPS) is 25.6. The first-order valence-electron chi connectivity index (χ1n) is 6.02. The molecule has 0 aromatic carbocycles. The second-order valence-electron chi connectivity index (χ2n) is 4.71. The number of nitrogens with zero attached hydrogens (tertiary/aromatic N) is 1. The van der Waals surface area contributed by atoms with Crippen LogP contribution < -0.4 is 0 Å². The Kier molecular flexibility index (Phi) is 5.74. The van der Waals surface area contributed by atoms with Crippen LogP contribution in [0.3, 0.4) is 0 Å². The van der Waals surface area contributed by atoms with E-state index in [9.17, 15) is 8.42 Å². The molecule has 0 aliphatic carbocycles. The molecule has 0 saturated carbocycles. The van der Waals surface area contributed by atoms with Crippen LogP contribution in [0, 0.1) is 5.92 Å². The highest BCUT2D eigenvalue weighted by Crippen LogP contribution is 2.25. The molecule has 0 spiro atoms. The van der Waals surface area contributed by atoms with Gasteiger partial charge in [-0.05, 0) is 38.0 Å². The predicted octanol–water partition coefficient (Wildman–Crippen LogP) is 2.61. The Morgan fingerprint density at radius 3 is 2.75 bits per heavy atom. The third-order valence-electron chi connectivity index (χ3n) is 3.28. The molecule has 0 amide bonds. The summed E-state index contributed by atoms with van der Waals surface area (Å²) in [4.78, 5) is 0.584. The number of hydrogen-bond donors (Lipinski definition) is 0. The lowest BCUT2D eigenvalue weighted by Gasteiger charge is -2.31. The molecule has 0 bridgehead atoms. The van der Waals surface area contributed by atoms with Crippen molar-refractivity contribution in [3.63, 3.8) is 0 Å². The van der Waals surface area contributed by atoms with E-state index in [1.807, 2.05) is 0 Å². The van der Waals surface area contributed by atoms with E-state index in [-0.39, 0.29) is 0 Å². The predicted molar refractivity (Wildman–Crippen MR) is 71.4 cm³/mol. The minimum absolute atomic E-state index is 0.551. The smallest absolute Gasteiger partial charge is 0.211 e. The molecule has 2 atom stereocenters. The summed E-state index contributed by atoms with van der Waals surface area (Å²) in [7, 11) is -2.98. The summed E-state index contributed by atoms with van der Waals surface area (Å²) in [6.45, 7) is 3.60. The highest BCUT2D eigenvalue weighted by atomic mass is 79.9. The SMILES string of the molecule is CCC(Br)CCC1CCCN(S(C)(=O)=O)C1. The van der Waals surface area contributed by atoms with E-state index in [1.54, 1.807) is 4.31 Å². The Morgan fingerprint density at radius 2 is 2.19 bits per heavy atom. The zero-order valence-corrected chi connectivity index (χ0v) is 12.6. The summed E-state index contributed by atoms with van der Waals surface area (Å²) in [5.74, 6) is 0.551. The van der Waals surface area contributed by atoms with Crippen molar-refractivity contribution < 1.29 is 8.42 Å². The topological polar surface area (TPSA) is 37.4 Å². The monoisotopic (exact) mass is 311 g/mol. The highest BCUT2D eigenvalue weighted by molar-refractivity contribution is 9.09. The van der Waals surface area contributed by atoms with Gasteiger partial charge in [0.1, 0.15) is 0 Å². The van der Waals surface area contributed by atoms with Crippen molar-refractivity contribution in [1.82, 2.24) is 4.31 Å². The maximum atomic E-state index is 11.4. The van der Waals surface area contributed by atoms with Crippen LogP contribution in [0.4, 0.5) is 0 Å². The van der Waals surface area contributed by atoms with Gasteiger partial charge in [0.2, 0.25) is 10.0 Å². The second kappa shape index (κ2) is 6.36. The van der Waals surface area contributed by atoms with Crippen molar-refractivity contribution >= 4 is 26.0 Å². The molecule has 0 aromatic heterocycles. The Bertz CT molecular complexity index is 305. The molecule has 0 radical (unpaired) electrons. The minimum Gasteiger partial charge on any atom is -0.213 e. The third kappa shape index (κ3) is 4.72. The number of hydrogen-bond acceptors (Lipinski definition) is 2. The number of sulfonamides is 1. The molecule has 2 unspecified atom stereocenters. The number of piperidine rings is 1. The quantitative estimate of drug-likeness (QED) is 0.732. The molecule has 0 N–H and O–H groups in total. The van der Waals surface area contributed by atoms with Crippen LogP contribution >= 0.6 is 15.9 Å². The number of rotatable bonds is 5. The summed E-state index contributed by atoms with van der Waals surface area (Å²) in [5, 5.41) is 0. The Labute approximate surface area is 108 Å². The fourth-order valence-corrected chi connectivity index (χ4v) is 3.39. The van der Waals surface area contributed by atoms with E-state index in [1.165, 1.54) is 12.7 Å². The van der Waals surface area contributed by atoms with Gasteiger partial charge in [0.15, 0.2) is 0 Å². The van der Waals surface area contributed by atoms with Crippen molar-refractivity contribution in [2.75, 3.05) is 19.3 Å². The van der Waals surface area contributed by atoms with Crippen LogP contribution in [-0.2, 0) is 10.0 Å². The van der Waals surface area contributed by atoms with Gasteiger partial charge in [0, 0.05) is 17.9 Å². The molecular weight excluding hydrogens is 290 g/mol. The lowest BCUT2D eigenvalue weighted by Crippen LogP contribution is -2.39. The summed E-state index contributed by atoms with van der Waals surface area (Å²) < 4.78 is 24.5. The summed E-state index contributed by atoms with van der Waals surface area (Å²) >= 11 is 3.63. The van der Waals surface area contributed by atoms with E-state index >= 15 is 0 Å². The third-order valence-corrected chi connectivity index (χ3v) is 5.66. The fourth-order valence-electron chi connectivity index (χ4n) is 2.18. The lowest BCUT2D eigenvalue weighted by molar-refractivity contribution is 0.253. The molecule has 1 heterocycles. The van der Waals surface area contributed by atoms with Gasteiger partial charge < -0.3 is 0 Å². The zero-order valence-electron chi connectivity index (χ0n) is 10.2. The fraction of sp³-hybridized carbons (Fsp3) is 1.00. The largest absolute Gasteiger partial charge is 0.213 e. The summed E-state index contributed by atoms with van der Waals surface area (Å²) in [6, 6.07) is 0. The first kappa shape index (κ1) is 14.5. The zero-order chi connectivity index (χ0) is 12.2. The molecule has 5 heteroatoms. The average molecular weight is 312 g/mol. The van der Waals surface area contributed by atoms with Gasteiger partial charge >= 0.3 is 0 Å². The van der Waals surface area contributed by atoms with Crippen molar-refractivity contribution in [2.45, 2.75) is 43.9 Å². The molecular formula is C11H22BrNO2S.